The lowest BCUT2D eigenvalue weighted by Gasteiger charge is -2.29. The molecule has 0 saturated heterocycles. The van der Waals surface area contributed by atoms with Gasteiger partial charge in [-0.2, -0.15) is 0 Å². The second-order valence-corrected chi connectivity index (χ2v) is 5.63. The number of primary amides is 1. The zero-order valence-corrected chi connectivity index (χ0v) is 13.3. The van der Waals surface area contributed by atoms with Crippen LogP contribution in [0.15, 0.2) is 18.2 Å². The van der Waals surface area contributed by atoms with Gasteiger partial charge in [-0.05, 0) is 31.4 Å². The van der Waals surface area contributed by atoms with Crippen LogP contribution in [0.1, 0.15) is 36.0 Å². The van der Waals surface area contributed by atoms with Crippen LogP contribution in [0.4, 0.5) is 16.2 Å². The maximum atomic E-state index is 11.6. The molecule has 1 fully saturated rings. The van der Waals surface area contributed by atoms with E-state index in [0.717, 1.165) is 19.3 Å². The first-order valence-corrected chi connectivity index (χ1v) is 7.64. The summed E-state index contributed by atoms with van der Waals surface area (Å²) in [6, 6.07) is 4.20. The topological polar surface area (TPSA) is 137 Å². The zero-order chi connectivity index (χ0) is 17.7. The van der Waals surface area contributed by atoms with Gasteiger partial charge < -0.3 is 21.1 Å². The first kappa shape index (κ1) is 17.5. The second-order valence-electron chi connectivity index (χ2n) is 5.63. The summed E-state index contributed by atoms with van der Waals surface area (Å²) in [5.74, 6) is -0.391. The van der Waals surface area contributed by atoms with E-state index in [1.165, 1.54) is 25.2 Å². The molecule has 0 bridgehead atoms. The Balaban J connectivity index is 2.15. The number of nitrogens with one attached hydrogen (secondary N) is 2. The number of nitro benzene ring substituents is 1. The minimum absolute atomic E-state index is 0.0762. The Hall–Kier alpha value is -2.84. The fourth-order valence-corrected chi connectivity index (χ4v) is 2.86. The van der Waals surface area contributed by atoms with Gasteiger partial charge in [-0.1, -0.05) is 0 Å². The van der Waals surface area contributed by atoms with Gasteiger partial charge in [0.05, 0.1) is 4.92 Å². The van der Waals surface area contributed by atoms with Gasteiger partial charge in [-0.25, -0.2) is 4.79 Å². The monoisotopic (exact) mass is 336 g/mol. The van der Waals surface area contributed by atoms with Crippen LogP contribution in [0.25, 0.3) is 0 Å². The van der Waals surface area contributed by atoms with Gasteiger partial charge >= 0.3 is 6.09 Å². The molecule has 1 aromatic carbocycles. The van der Waals surface area contributed by atoms with Crippen molar-refractivity contribution in [1.29, 1.82) is 0 Å². The number of nitrogens with two attached hydrogens (primary N) is 1. The first-order valence-electron chi connectivity index (χ1n) is 7.64. The lowest BCUT2D eigenvalue weighted by Crippen LogP contribution is -2.34. The summed E-state index contributed by atoms with van der Waals surface area (Å²) in [7, 11) is 1.46. The van der Waals surface area contributed by atoms with Gasteiger partial charge in [0.1, 0.15) is 11.8 Å². The molecule has 24 heavy (non-hydrogen) atoms. The first-order chi connectivity index (χ1) is 11.4. The Morgan fingerprint density at radius 2 is 2.12 bits per heavy atom. The molecule has 9 heteroatoms. The molecule has 0 aromatic heterocycles. The van der Waals surface area contributed by atoms with E-state index in [0.29, 0.717) is 12.1 Å². The van der Waals surface area contributed by atoms with E-state index in [9.17, 15) is 19.7 Å². The van der Waals surface area contributed by atoms with Crippen LogP contribution in [0.5, 0.6) is 0 Å². The highest BCUT2D eigenvalue weighted by Crippen LogP contribution is 2.30. The SMILES string of the molecule is CNC(=O)c1ccc(NC2CCCC(OC(N)=O)C2)c([N+](=O)[O-])c1. The van der Waals surface area contributed by atoms with Gasteiger partial charge in [-0.3, -0.25) is 14.9 Å². The number of nitro groups is 1. The third-order valence-corrected chi connectivity index (χ3v) is 3.95. The highest BCUT2D eigenvalue weighted by atomic mass is 16.6. The van der Waals surface area contributed by atoms with Crippen molar-refractivity contribution >= 4 is 23.4 Å². The number of hydrogen-bond acceptors (Lipinski definition) is 6. The zero-order valence-electron chi connectivity index (χ0n) is 13.3. The molecule has 4 N–H and O–H groups in total. The van der Waals surface area contributed by atoms with Gasteiger partial charge in [-0.15, -0.1) is 0 Å². The molecule has 9 nitrogen and oxygen atoms in total. The average molecular weight is 336 g/mol. The van der Waals surface area contributed by atoms with Crippen molar-refractivity contribution in [2.45, 2.75) is 37.8 Å². The molecule has 0 heterocycles. The molecule has 1 aliphatic carbocycles. The van der Waals surface area contributed by atoms with Crippen molar-refractivity contribution < 1.29 is 19.2 Å². The van der Waals surface area contributed by atoms with Gasteiger partial charge in [0.15, 0.2) is 0 Å². The van der Waals surface area contributed by atoms with Crippen LogP contribution in [-0.4, -0.2) is 36.1 Å². The molecule has 1 saturated carbocycles. The number of anilines is 1. The normalized spacial score (nSPS) is 20.0. The smallest absolute Gasteiger partial charge is 0.404 e. The van der Waals surface area contributed by atoms with Gasteiger partial charge in [0.25, 0.3) is 11.6 Å². The minimum atomic E-state index is -0.818. The highest BCUT2D eigenvalue weighted by molar-refractivity contribution is 5.95. The number of hydrogen-bond donors (Lipinski definition) is 3. The predicted octanol–water partition coefficient (Wildman–Crippen LogP) is 1.77. The highest BCUT2D eigenvalue weighted by Gasteiger charge is 2.26. The molecule has 2 amide bonds. The number of benzene rings is 1. The Bertz CT molecular complexity index is 649. The molecular formula is C15H20N4O5. The number of ether oxygens (including phenoxy) is 1. The Labute approximate surface area is 138 Å². The minimum Gasteiger partial charge on any atom is -0.446 e. The molecule has 1 aromatic rings. The molecule has 0 aliphatic heterocycles. The number of amides is 2. The molecule has 2 atom stereocenters. The Kier molecular flexibility index (Phi) is 5.56. The molecule has 2 unspecified atom stereocenters. The summed E-state index contributed by atoms with van der Waals surface area (Å²) in [6.07, 6.45) is 1.75. The quantitative estimate of drug-likeness (QED) is 0.553. The lowest BCUT2D eigenvalue weighted by molar-refractivity contribution is -0.384. The summed E-state index contributed by atoms with van der Waals surface area (Å²) in [5, 5.41) is 16.8. The van der Waals surface area contributed by atoms with Crippen LogP contribution in [0, 0.1) is 10.1 Å². The summed E-state index contributed by atoms with van der Waals surface area (Å²) < 4.78 is 5.01. The molecule has 0 spiro atoms. The van der Waals surface area contributed by atoms with Crippen molar-refractivity contribution in [3.8, 4) is 0 Å². The van der Waals surface area contributed by atoms with Crippen LogP contribution in [0.2, 0.25) is 0 Å². The lowest BCUT2D eigenvalue weighted by atomic mass is 9.92. The van der Waals surface area contributed by atoms with Crippen molar-refractivity contribution in [3.63, 3.8) is 0 Å². The van der Waals surface area contributed by atoms with E-state index in [1.54, 1.807) is 0 Å². The molecule has 2 rings (SSSR count). The number of carbonyl (C=O) groups excluding carboxylic acids is 2. The standard InChI is InChI=1S/C15H20N4O5/c1-17-14(20)9-5-6-12(13(7-9)19(22)23)18-10-3-2-4-11(8-10)24-15(16)21/h5-7,10-11,18H,2-4,8H2,1H3,(H2,16,21)(H,17,20). The van der Waals surface area contributed by atoms with E-state index in [4.69, 9.17) is 10.5 Å². The molecule has 130 valence electrons. The summed E-state index contributed by atoms with van der Waals surface area (Å²) in [6.45, 7) is 0. The van der Waals surface area contributed by atoms with Crippen molar-refractivity contribution in [2.24, 2.45) is 5.73 Å². The fraction of sp³-hybridized carbons (Fsp3) is 0.467. The number of nitrogens with zero attached hydrogens (tertiary/aromatic N) is 1. The Morgan fingerprint density at radius 3 is 2.75 bits per heavy atom. The van der Waals surface area contributed by atoms with Gasteiger partial charge in [0.2, 0.25) is 0 Å². The molecule has 0 radical (unpaired) electrons. The van der Waals surface area contributed by atoms with Crippen LogP contribution in [0.3, 0.4) is 0 Å². The van der Waals surface area contributed by atoms with Crippen molar-refractivity contribution in [2.75, 3.05) is 12.4 Å². The van der Waals surface area contributed by atoms with E-state index in [2.05, 4.69) is 10.6 Å². The van der Waals surface area contributed by atoms with Crippen molar-refractivity contribution in [1.82, 2.24) is 5.32 Å². The third-order valence-electron chi connectivity index (χ3n) is 3.95. The van der Waals surface area contributed by atoms with E-state index >= 15 is 0 Å². The predicted molar refractivity (Wildman–Crippen MR) is 86.8 cm³/mol. The van der Waals surface area contributed by atoms with Crippen LogP contribution in [-0.2, 0) is 4.74 Å². The third kappa shape index (κ3) is 4.34. The molecular weight excluding hydrogens is 316 g/mol. The van der Waals surface area contributed by atoms with Crippen LogP contribution >= 0.6 is 0 Å². The van der Waals surface area contributed by atoms with E-state index in [-0.39, 0.29) is 23.4 Å². The maximum absolute atomic E-state index is 11.6. The summed E-state index contributed by atoms with van der Waals surface area (Å²) >= 11 is 0. The van der Waals surface area contributed by atoms with E-state index < -0.39 is 16.9 Å². The fourth-order valence-electron chi connectivity index (χ4n) is 2.86. The number of carbonyl (C=O) groups is 2. The van der Waals surface area contributed by atoms with Crippen molar-refractivity contribution in [3.05, 3.63) is 33.9 Å². The summed E-state index contributed by atoms with van der Waals surface area (Å²) in [5.41, 5.74) is 5.41. The van der Waals surface area contributed by atoms with Crippen LogP contribution < -0.4 is 16.4 Å². The number of rotatable bonds is 5. The Morgan fingerprint density at radius 1 is 1.38 bits per heavy atom. The largest absolute Gasteiger partial charge is 0.446 e. The van der Waals surface area contributed by atoms with Gasteiger partial charge in [0, 0.05) is 31.1 Å². The average Bonchev–Trinajstić information content (AvgIpc) is 2.54. The second kappa shape index (κ2) is 7.62. The summed E-state index contributed by atoms with van der Waals surface area (Å²) in [4.78, 5) is 33.2. The molecule has 1 aliphatic rings. The maximum Gasteiger partial charge on any atom is 0.404 e. The van der Waals surface area contributed by atoms with E-state index in [1.807, 2.05) is 0 Å².